The molecule has 0 unspecified atom stereocenters. The number of hydrogen-bond donors (Lipinski definition) is 2. The van der Waals surface area contributed by atoms with E-state index in [2.05, 4.69) is 10.4 Å². The normalized spacial score (nSPS) is 11.0. The van der Waals surface area contributed by atoms with Crippen molar-refractivity contribution in [2.24, 2.45) is 5.84 Å². The zero-order valence-corrected chi connectivity index (χ0v) is 11.7. The topological polar surface area (TPSA) is 86.1 Å². The molecule has 108 valence electrons. The number of rotatable bonds is 4. The van der Waals surface area contributed by atoms with Gasteiger partial charge in [0.15, 0.2) is 0 Å². The van der Waals surface area contributed by atoms with Gasteiger partial charge in [0.2, 0.25) is 0 Å². The van der Waals surface area contributed by atoms with E-state index in [4.69, 9.17) is 10.3 Å². The first kappa shape index (κ1) is 13.4. The van der Waals surface area contributed by atoms with E-state index in [0.717, 1.165) is 17.6 Å². The molecule has 0 aliphatic rings. The van der Waals surface area contributed by atoms with Crippen molar-refractivity contribution in [3.05, 3.63) is 53.8 Å². The Morgan fingerprint density at radius 3 is 3.00 bits per heavy atom. The number of benzene rings is 1. The molecule has 2 heterocycles. The first-order valence-electron chi connectivity index (χ1n) is 6.76. The van der Waals surface area contributed by atoms with Crippen LogP contribution in [0, 0.1) is 0 Å². The van der Waals surface area contributed by atoms with E-state index >= 15 is 0 Å². The molecular formula is C15H16N4O2. The van der Waals surface area contributed by atoms with Gasteiger partial charge in [0.25, 0.3) is 5.91 Å². The van der Waals surface area contributed by atoms with Crippen molar-refractivity contribution in [3.63, 3.8) is 0 Å². The molecule has 21 heavy (non-hydrogen) atoms. The summed E-state index contributed by atoms with van der Waals surface area (Å²) in [6.45, 7) is 2.48. The lowest BCUT2D eigenvalue weighted by Crippen LogP contribution is -2.30. The second-order valence-electron chi connectivity index (χ2n) is 4.69. The van der Waals surface area contributed by atoms with Gasteiger partial charge in [-0.1, -0.05) is 25.1 Å². The number of hydrogen-bond acceptors (Lipinski definition) is 4. The number of aryl methyl sites for hydroxylation is 1. The number of fused-ring (bicyclic) bond motifs is 1. The van der Waals surface area contributed by atoms with Crippen LogP contribution in [0.5, 0.6) is 0 Å². The fraction of sp³-hybridized carbons (Fsp3) is 0.200. The van der Waals surface area contributed by atoms with Gasteiger partial charge in [0, 0.05) is 24.2 Å². The Balaban J connectivity index is 2.11. The molecule has 1 aromatic carbocycles. The third-order valence-electron chi connectivity index (χ3n) is 3.46. The molecule has 0 spiro atoms. The number of nitrogens with one attached hydrogen (secondary N) is 1. The molecule has 1 amide bonds. The van der Waals surface area contributed by atoms with Gasteiger partial charge in [-0.15, -0.1) is 0 Å². The monoisotopic (exact) mass is 284 g/mol. The van der Waals surface area contributed by atoms with Gasteiger partial charge in [-0.25, -0.2) is 10.8 Å². The van der Waals surface area contributed by atoms with Crippen molar-refractivity contribution in [1.82, 2.24) is 15.0 Å². The van der Waals surface area contributed by atoms with E-state index in [9.17, 15) is 4.79 Å². The van der Waals surface area contributed by atoms with Gasteiger partial charge in [0.05, 0.1) is 12.1 Å². The number of nitrogens with zero attached hydrogens (tertiary/aromatic N) is 2. The highest BCUT2D eigenvalue weighted by atomic mass is 16.3. The maximum Gasteiger partial charge on any atom is 0.269 e. The van der Waals surface area contributed by atoms with E-state index in [1.165, 1.54) is 0 Å². The third kappa shape index (κ3) is 2.30. The molecular weight excluding hydrogens is 268 g/mol. The largest absolute Gasteiger partial charge is 0.458 e. The SMILES string of the molecule is CCc1nccn1Cc1oc2ccccc2c1C(=O)NN. The second-order valence-corrected chi connectivity index (χ2v) is 4.69. The summed E-state index contributed by atoms with van der Waals surface area (Å²) in [6.07, 6.45) is 4.42. The number of aromatic nitrogens is 2. The summed E-state index contributed by atoms with van der Waals surface area (Å²) in [5.74, 6) is 6.45. The average molecular weight is 284 g/mol. The molecule has 0 aliphatic carbocycles. The van der Waals surface area contributed by atoms with Crippen LogP contribution in [0.2, 0.25) is 0 Å². The number of furan rings is 1. The van der Waals surface area contributed by atoms with Gasteiger partial charge in [-0.05, 0) is 6.07 Å². The summed E-state index contributed by atoms with van der Waals surface area (Å²) >= 11 is 0. The van der Waals surface area contributed by atoms with Crippen LogP contribution in [-0.4, -0.2) is 15.5 Å². The number of carbonyl (C=O) groups excluding carboxylic acids is 1. The molecule has 0 bridgehead atoms. The van der Waals surface area contributed by atoms with Crippen molar-refractivity contribution < 1.29 is 9.21 Å². The minimum atomic E-state index is -0.354. The number of nitrogen functional groups attached to an aromatic ring is 1. The lowest BCUT2D eigenvalue weighted by atomic mass is 10.1. The van der Waals surface area contributed by atoms with Crippen LogP contribution >= 0.6 is 0 Å². The van der Waals surface area contributed by atoms with Crippen LogP contribution in [0.15, 0.2) is 41.1 Å². The summed E-state index contributed by atoms with van der Waals surface area (Å²) in [5.41, 5.74) is 3.33. The fourth-order valence-electron chi connectivity index (χ4n) is 2.48. The van der Waals surface area contributed by atoms with Gasteiger partial charge in [0.1, 0.15) is 17.2 Å². The molecule has 0 fully saturated rings. The molecule has 0 atom stereocenters. The molecule has 0 aliphatic heterocycles. The number of nitrogens with two attached hydrogens (primary N) is 1. The molecule has 0 radical (unpaired) electrons. The van der Waals surface area contributed by atoms with E-state index in [-0.39, 0.29) is 5.91 Å². The Labute approximate surface area is 121 Å². The zero-order chi connectivity index (χ0) is 14.8. The minimum absolute atomic E-state index is 0.354. The van der Waals surface area contributed by atoms with Crippen LogP contribution in [0.4, 0.5) is 0 Å². The van der Waals surface area contributed by atoms with Crippen LogP contribution in [-0.2, 0) is 13.0 Å². The number of para-hydroxylation sites is 1. The van der Waals surface area contributed by atoms with Gasteiger partial charge in [-0.2, -0.15) is 0 Å². The molecule has 0 saturated heterocycles. The van der Waals surface area contributed by atoms with E-state index < -0.39 is 0 Å². The minimum Gasteiger partial charge on any atom is -0.458 e. The lowest BCUT2D eigenvalue weighted by Gasteiger charge is -2.06. The van der Waals surface area contributed by atoms with Crippen molar-refractivity contribution >= 4 is 16.9 Å². The van der Waals surface area contributed by atoms with E-state index in [1.54, 1.807) is 6.20 Å². The van der Waals surface area contributed by atoms with Crippen LogP contribution < -0.4 is 11.3 Å². The predicted octanol–water partition coefficient (Wildman–Crippen LogP) is 1.84. The first-order chi connectivity index (χ1) is 10.2. The number of hydrazine groups is 1. The Morgan fingerprint density at radius 1 is 1.43 bits per heavy atom. The Morgan fingerprint density at radius 2 is 2.24 bits per heavy atom. The van der Waals surface area contributed by atoms with E-state index in [1.807, 2.05) is 42.0 Å². The highest BCUT2D eigenvalue weighted by molar-refractivity contribution is 6.07. The molecule has 6 heteroatoms. The Kier molecular flexibility index (Phi) is 3.45. The first-order valence-corrected chi connectivity index (χ1v) is 6.76. The number of imidazole rings is 1. The van der Waals surface area contributed by atoms with Gasteiger partial charge in [-0.3, -0.25) is 10.2 Å². The van der Waals surface area contributed by atoms with Crippen LogP contribution in [0.1, 0.15) is 28.9 Å². The van der Waals surface area contributed by atoms with Gasteiger partial charge >= 0.3 is 0 Å². The maximum absolute atomic E-state index is 12.1. The summed E-state index contributed by atoms with van der Waals surface area (Å²) in [6, 6.07) is 7.42. The summed E-state index contributed by atoms with van der Waals surface area (Å²) in [4.78, 5) is 16.3. The smallest absolute Gasteiger partial charge is 0.269 e. The Hall–Kier alpha value is -2.60. The molecule has 3 aromatic rings. The highest BCUT2D eigenvalue weighted by Gasteiger charge is 2.20. The van der Waals surface area contributed by atoms with E-state index in [0.29, 0.717) is 23.5 Å². The zero-order valence-electron chi connectivity index (χ0n) is 11.7. The van der Waals surface area contributed by atoms with Gasteiger partial charge < -0.3 is 8.98 Å². The highest BCUT2D eigenvalue weighted by Crippen LogP contribution is 2.26. The summed E-state index contributed by atoms with van der Waals surface area (Å²) in [7, 11) is 0. The van der Waals surface area contributed by atoms with Crippen molar-refractivity contribution in [2.45, 2.75) is 19.9 Å². The quantitative estimate of drug-likeness (QED) is 0.435. The average Bonchev–Trinajstić information content (AvgIpc) is 3.10. The molecule has 3 N–H and O–H groups in total. The summed E-state index contributed by atoms with van der Waals surface area (Å²) in [5, 5.41) is 0.758. The van der Waals surface area contributed by atoms with Crippen LogP contribution in [0.3, 0.4) is 0 Å². The van der Waals surface area contributed by atoms with Crippen LogP contribution in [0.25, 0.3) is 11.0 Å². The molecule has 2 aromatic heterocycles. The maximum atomic E-state index is 12.1. The lowest BCUT2D eigenvalue weighted by molar-refractivity contribution is 0.0953. The van der Waals surface area contributed by atoms with Crippen molar-refractivity contribution in [3.8, 4) is 0 Å². The summed E-state index contributed by atoms with van der Waals surface area (Å²) < 4.78 is 7.79. The number of amides is 1. The molecule has 3 rings (SSSR count). The second kappa shape index (κ2) is 5.41. The predicted molar refractivity (Wildman–Crippen MR) is 78.6 cm³/mol. The number of carbonyl (C=O) groups is 1. The third-order valence-corrected chi connectivity index (χ3v) is 3.46. The standard InChI is InChI=1S/C15H16N4O2/c1-2-13-17-7-8-19(13)9-12-14(15(20)18-16)10-5-3-4-6-11(10)21-12/h3-8H,2,9,16H2,1H3,(H,18,20). The van der Waals surface area contributed by atoms with Crippen molar-refractivity contribution in [1.29, 1.82) is 0 Å². The molecule has 0 saturated carbocycles. The fourth-order valence-corrected chi connectivity index (χ4v) is 2.48. The molecule has 6 nitrogen and oxygen atoms in total. The Bertz CT molecular complexity index is 788. The van der Waals surface area contributed by atoms with Crippen molar-refractivity contribution in [2.75, 3.05) is 0 Å².